The lowest BCUT2D eigenvalue weighted by molar-refractivity contribution is -0.117. The van der Waals surface area contributed by atoms with Crippen molar-refractivity contribution in [3.8, 4) is 0 Å². The minimum absolute atomic E-state index is 0.00380. The molecule has 0 aromatic heterocycles. The molecule has 23 heavy (non-hydrogen) atoms. The molecule has 3 atom stereocenters. The molecule has 3 rings (SSSR count). The fourth-order valence-electron chi connectivity index (χ4n) is 3.97. The molecule has 1 aliphatic heterocycles. The average Bonchev–Trinajstić information content (AvgIpc) is 3.14. The summed E-state index contributed by atoms with van der Waals surface area (Å²) < 4.78 is 0. The Kier molecular flexibility index (Phi) is 4.74. The summed E-state index contributed by atoms with van der Waals surface area (Å²) >= 11 is 0. The second-order valence-corrected chi connectivity index (χ2v) is 7.39. The number of hydrogen-bond acceptors (Lipinski definition) is 3. The van der Waals surface area contributed by atoms with Gasteiger partial charge in [-0.25, -0.2) is 0 Å². The molecular formula is C19H28N2O2. The number of nitrogens with one attached hydrogen (secondary N) is 1. The number of nitrogens with zero attached hydrogens (tertiary/aromatic N) is 1. The van der Waals surface area contributed by atoms with Crippen LogP contribution < -0.4 is 10.2 Å². The van der Waals surface area contributed by atoms with Crippen LogP contribution in [-0.2, 0) is 4.79 Å². The summed E-state index contributed by atoms with van der Waals surface area (Å²) in [5.74, 6) is 0.230. The first kappa shape index (κ1) is 16.5. The molecule has 0 bridgehead atoms. The molecule has 4 heteroatoms. The number of anilines is 1. The van der Waals surface area contributed by atoms with Crippen LogP contribution in [0.3, 0.4) is 0 Å². The van der Waals surface area contributed by atoms with Crippen LogP contribution in [0.25, 0.3) is 0 Å². The van der Waals surface area contributed by atoms with Crippen LogP contribution in [0.2, 0.25) is 0 Å². The molecule has 2 fully saturated rings. The van der Waals surface area contributed by atoms with Gasteiger partial charge in [-0.15, -0.1) is 0 Å². The standard InChI is InChI=1S/C19H28N2O2/c1-14(20-17-5-3-11-19(17,2)13-22)15-7-9-16(10-8-15)21-12-4-6-18(21)23/h7-10,14,17,20,22H,3-6,11-13H2,1-2H3. The van der Waals surface area contributed by atoms with E-state index in [1.165, 1.54) is 12.0 Å². The maximum Gasteiger partial charge on any atom is 0.227 e. The Balaban J connectivity index is 1.66. The topological polar surface area (TPSA) is 52.6 Å². The van der Waals surface area contributed by atoms with Gasteiger partial charge >= 0.3 is 0 Å². The largest absolute Gasteiger partial charge is 0.396 e. The summed E-state index contributed by atoms with van der Waals surface area (Å²) in [4.78, 5) is 13.7. The molecule has 1 saturated heterocycles. The molecule has 3 unspecified atom stereocenters. The Morgan fingerprint density at radius 2 is 2.09 bits per heavy atom. The van der Waals surface area contributed by atoms with Crippen LogP contribution in [0.1, 0.15) is 57.6 Å². The van der Waals surface area contributed by atoms with Crippen molar-refractivity contribution in [2.24, 2.45) is 5.41 Å². The van der Waals surface area contributed by atoms with Crippen LogP contribution in [-0.4, -0.2) is 30.2 Å². The first-order valence-electron chi connectivity index (χ1n) is 8.81. The SMILES string of the molecule is CC(NC1CCCC1(C)CO)c1ccc(N2CCCC2=O)cc1. The second-order valence-electron chi connectivity index (χ2n) is 7.39. The predicted molar refractivity (Wildman–Crippen MR) is 92.4 cm³/mol. The Labute approximate surface area is 138 Å². The van der Waals surface area contributed by atoms with Crippen LogP contribution in [0.15, 0.2) is 24.3 Å². The van der Waals surface area contributed by atoms with E-state index in [0.29, 0.717) is 12.5 Å². The lowest BCUT2D eigenvalue weighted by Gasteiger charge is -2.33. The van der Waals surface area contributed by atoms with Gasteiger partial charge in [0, 0.05) is 42.8 Å². The normalized spacial score (nSPS) is 29.3. The zero-order valence-corrected chi connectivity index (χ0v) is 14.2. The monoisotopic (exact) mass is 316 g/mol. The van der Waals surface area contributed by atoms with Crippen LogP contribution in [0, 0.1) is 5.41 Å². The van der Waals surface area contributed by atoms with Crippen molar-refractivity contribution >= 4 is 11.6 Å². The van der Waals surface area contributed by atoms with Crippen molar-refractivity contribution < 1.29 is 9.90 Å². The number of carbonyl (C=O) groups is 1. The summed E-state index contributed by atoms with van der Waals surface area (Å²) in [5, 5.41) is 13.4. The van der Waals surface area contributed by atoms with E-state index in [9.17, 15) is 9.90 Å². The van der Waals surface area contributed by atoms with Crippen molar-refractivity contribution in [1.82, 2.24) is 5.32 Å². The Morgan fingerprint density at radius 3 is 2.70 bits per heavy atom. The number of carbonyl (C=O) groups excluding carboxylic acids is 1. The summed E-state index contributed by atoms with van der Waals surface area (Å²) in [7, 11) is 0. The second kappa shape index (κ2) is 6.62. The van der Waals surface area contributed by atoms with Gasteiger partial charge in [-0.05, 0) is 43.9 Å². The summed E-state index contributed by atoms with van der Waals surface area (Å²) in [6.45, 7) is 5.43. The smallest absolute Gasteiger partial charge is 0.227 e. The Bertz CT molecular complexity index is 557. The van der Waals surface area contributed by atoms with Crippen LogP contribution >= 0.6 is 0 Å². The van der Waals surface area contributed by atoms with Gasteiger partial charge in [-0.2, -0.15) is 0 Å². The molecule has 4 nitrogen and oxygen atoms in total. The van der Waals surface area contributed by atoms with E-state index in [0.717, 1.165) is 31.5 Å². The number of amides is 1. The number of benzene rings is 1. The third kappa shape index (κ3) is 3.29. The van der Waals surface area contributed by atoms with E-state index in [2.05, 4.69) is 43.4 Å². The van der Waals surface area contributed by atoms with E-state index in [1.54, 1.807) is 0 Å². The summed E-state index contributed by atoms with van der Waals surface area (Å²) in [6, 6.07) is 8.94. The molecule has 1 aromatic rings. The van der Waals surface area contributed by atoms with Crippen molar-refractivity contribution in [3.63, 3.8) is 0 Å². The van der Waals surface area contributed by atoms with Gasteiger partial charge in [-0.1, -0.05) is 25.5 Å². The number of rotatable bonds is 5. The molecule has 126 valence electrons. The van der Waals surface area contributed by atoms with E-state index in [-0.39, 0.29) is 24.0 Å². The van der Waals surface area contributed by atoms with Gasteiger partial charge in [0.2, 0.25) is 5.91 Å². The molecule has 0 spiro atoms. The Morgan fingerprint density at radius 1 is 1.35 bits per heavy atom. The van der Waals surface area contributed by atoms with Crippen LogP contribution in [0.4, 0.5) is 5.69 Å². The molecule has 1 aliphatic carbocycles. The third-order valence-corrected chi connectivity index (χ3v) is 5.67. The molecule has 1 saturated carbocycles. The summed E-state index contributed by atoms with van der Waals surface area (Å²) in [6.07, 6.45) is 5.02. The van der Waals surface area contributed by atoms with Gasteiger partial charge in [0.05, 0.1) is 0 Å². The highest BCUT2D eigenvalue weighted by Gasteiger charge is 2.38. The van der Waals surface area contributed by atoms with Crippen molar-refractivity contribution in [1.29, 1.82) is 0 Å². The van der Waals surface area contributed by atoms with Gasteiger partial charge in [0.1, 0.15) is 0 Å². The van der Waals surface area contributed by atoms with Gasteiger partial charge in [0.15, 0.2) is 0 Å². The minimum Gasteiger partial charge on any atom is -0.396 e. The highest BCUT2D eigenvalue weighted by Crippen LogP contribution is 2.38. The average molecular weight is 316 g/mol. The first-order valence-corrected chi connectivity index (χ1v) is 8.81. The molecule has 1 amide bonds. The highest BCUT2D eigenvalue weighted by molar-refractivity contribution is 5.95. The minimum atomic E-state index is -0.00380. The number of aliphatic hydroxyl groups excluding tert-OH is 1. The Hall–Kier alpha value is -1.39. The van der Waals surface area contributed by atoms with Crippen molar-refractivity contribution in [2.75, 3.05) is 18.1 Å². The third-order valence-electron chi connectivity index (χ3n) is 5.67. The zero-order chi connectivity index (χ0) is 16.4. The van der Waals surface area contributed by atoms with E-state index in [4.69, 9.17) is 0 Å². The molecular weight excluding hydrogens is 288 g/mol. The van der Waals surface area contributed by atoms with E-state index >= 15 is 0 Å². The van der Waals surface area contributed by atoms with Crippen molar-refractivity contribution in [2.45, 2.75) is 58.0 Å². The first-order chi connectivity index (χ1) is 11.0. The highest BCUT2D eigenvalue weighted by atomic mass is 16.3. The van der Waals surface area contributed by atoms with Gasteiger partial charge in [-0.3, -0.25) is 4.79 Å². The summed E-state index contributed by atoms with van der Waals surface area (Å²) in [5.41, 5.74) is 2.23. The maximum atomic E-state index is 11.8. The predicted octanol–water partition coefficient (Wildman–Crippen LogP) is 3.02. The number of hydrogen-bond donors (Lipinski definition) is 2. The molecule has 0 radical (unpaired) electrons. The molecule has 1 heterocycles. The molecule has 2 aliphatic rings. The lowest BCUT2D eigenvalue weighted by atomic mass is 9.85. The fourth-order valence-corrected chi connectivity index (χ4v) is 3.97. The zero-order valence-electron chi connectivity index (χ0n) is 14.2. The fraction of sp³-hybridized carbons (Fsp3) is 0.632. The number of aliphatic hydroxyl groups is 1. The maximum absolute atomic E-state index is 11.8. The molecule has 2 N–H and O–H groups in total. The van der Waals surface area contributed by atoms with E-state index < -0.39 is 0 Å². The van der Waals surface area contributed by atoms with Crippen molar-refractivity contribution in [3.05, 3.63) is 29.8 Å². The molecule has 1 aromatic carbocycles. The van der Waals surface area contributed by atoms with Gasteiger partial charge in [0.25, 0.3) is 0 Å². The van der Waals surface area contributed by atoms with Crippen LogP contribution in [0.5, 0.6) is 0 Å². The lowest BCUT2D eigenvalue weighted by Crippen LogP contribution is -2.42. The van der Waals surface area contributed by atoms with Gasteiger partial charge < -0.3 is 15.3 Å². The van der Waals surface area contributed by atoms with E-state index in [1.807, 2.05) is 4.90 Å². The quantitative estimate of drug-likeness (QED) is 0.878.